The lowest BCUT2D eigenvalue weighted by Gasteiger charge is -2.61. The van der Waals surface area contributed by atoms with Gasteiger partial charge in [-0.25, -0.2) is 0 Å². The first-order chi connectivity index (χ1) is 19.8. The Morgan fingerprint density at radius 3 is 2.05 bits per heavy atom. The Balaban J connectivity index is 1.32. The molecule has 246 valence electrons. The molecule has 0 aliphatic heterocycles. The summed E-state index contributed by atoms with van der Waals surface area (Å²) in [6, 6.07) is 0.207. The summed E-state index contributed by atoms with van der Waals surface area (Å²) in [6.45, 7) is 20.8. The second kappa shape index (κ2) is 12.7. The smallest absolute Gasteiger partial charge is 0.307 e. The van der Waals surface area contributed by atoms with Crippen molar-refractivity contribution < 1.29 is 23.9 Å². The largest absolute Gasteiger partial charge is 0.460 e. The molecule has 43 heavy (non-hydrogen) atoms. The molecule has 10 atom stereocenters. The minimum Gasteiger partial charge on any atom is -0.460 e. The van der Waals surface area contributed by atoms with E-state index in [0.29, 0.717) is 35.0 Å². The number of fused-ring (bicyclic) bond motifs is 5. The van der Waals surface area contributed by atoms with E-state index in [4.69, 9.17) is 9.47 Å². The van der Waals surface area contributed by atoms with Crippen LogP contribution >= 0.6 is 0 Å². The highest BCUT2D eigenvalue weighted by Gasteiger charge is 2.60. The number of ether oxygens (including phenoxy) is 2. The van der Waals surface area contributed by atoms with Gasteiger partial charge in [-0.3, -0.25) is 14.4 Å². The van der Waals surface area contributed by atoms with Crippen LogP contribution in [-0.4, -0.2) is 35.1 Å². The molecule has 0 radical (unpaired) electrons. The van der Waals surface area contributed by atoms with Crippen molar-refractivity contribution in [3.8, 4) is 0 Å². The highest BCUT2D eigenvalue weighted by molar-refractivity contribution is 5.83. The molecule has 4 aliphatic carbocycles. The molecule has 0 heterocycles. The van der Waals surface area contributed by atoms with Gasteiger partial charge in [0.15, 0.2) is 0 Å². The lowest BCUT2D eigenvalue weighted by molar-refractivity contribution is -0.157. The summed E-state index contributed by atoms with van der Waals surface area (Å²) < 4.78 is 11.0. The molecule has 0 saturated heterocycles. The quantitative estimate of drug-likeness (QED) is 0.283. The van der Waals surface area contributed by atoms with E-state index in [2.05, 4.69) is 26.1 Å². The van der Waals surface area contributed by atoms with Gasteiger partial charge < -0.3 is 14.8 Å². The van der Waals surface area contributed by atoms with Gasteiger partial charge in [-0.15, -0.1) is 0 Å². The van der Waals surface area contributed by atoms with Crippen LogP contribution in [0.25, 0.3) is 0 Å². The van der Waals surface area contributed by atoms with Crippen molar-refractivity contribution in [3.05, 3.63) is 0 Å². The normalized spacial score (nSPS) is 37.3. The highest BCUT2D eigenvalue weighted by Crippen LogP contribution is 2.68. The summed E-state index contributed by atoms with van der Waals surface area (Å²) in [4.78, 5) is 37.7. The van der Waals surface area contributed by atoms with Crippen molar-refractivity contribution in [3.63, 3.8) is 0 Å². The van der Waals surface area contributed by atoms with E-state index in [1.54, 1.807) is 0 Å². The molecule has 4 saturated carbocycles. The fraction of sp³-hybridized carbons (Fsp3) is 0.919. The van der Waals surface area contributed by atoms with Crippen LogP contribution in [0.3, 0.4) is 0 Å². The Morgan fingerprint density at radius 2 is 1.40 bits per heavy atom. The van der Waals surface area contributed by atoms with Gasteiger partial charge >= 0.3 is 11.9 Å². The zero-order valence-electron chi connectivity index (χ0n) is 29.1. The predicted molar refractivity (Wildman–Crippen MR) is 171 cm³/mol. The third kappa shape index (κ3) is 7.80. The predicted octanol–water partition coefficient (Wildman–Crippen LogP) is 8.26. The molecule has 4 aliphatic rings. The van der Waals surface area contributed by atoms with E-state index >= 15 is 0 Å². The third-order valence-electron chi connectivity index (χ3n) is 12.3. The lowest BCUT2D eigenvalue weighted by Crippen LogP contribution is -2.55. The van der Waals surface area contributed by atoms with Crippen molar-refractivity contribution >= 4 is 17.8 Å². The minimum absolute atomic E-state index is 0.0145. The lowest BCUT2D eigenvalue weighted by atomic mass is 9.44. The Kier molecular flexibility index (Phi) is 10.1. The average molecular weight is 602 g/mol. The summed E-state index contributed by atoms with van der Waals surface area (Å²) in [5.41, 5.74) is -0.208. The molecule has 6 heteroatoms. The van der Waals surface area contributed by atoms with Gasteiger partial charge in [0, 0.05) is 18.4 Å². The van der Waals surface area contributed by atoms with Gasteiger partial charge in [0.2, 0.25) is 5.91 Å². The summed E-state index contributed by atoms with van der Waals surface area (Å²) in [5, 5.41) is 3.32. The first-order valence-corrected chi connectivity index (χ1v) is 17.6. The maximum Gasteiger partial charge on any atom is 0.307 e. The zero-order chi connectivity index (χ0) is 32.0. The summed E-state index contributed by atoms with van der Waals surface area (Å²) >= 11 is 0. The first-order valence-electron chi connectivity index (χ1n) is 17.6. The number of hydrogen-bond donors (Lipinski definition) is 1. The van der Waals surface area contributed by atoms with E-state index in [-0.39, 0.29) is 36.2 Å². The van der Waals surface area contributed by atoms with Gasteiger partial charge in [-0.1, -0.05) is 27.7 Å². The van der Waals surface area contributed by atoms with Crippen molar-refractivity contribution in [2.24, 2.45) is 52.3 Å². The van der Waals surface area contributed by atoms with Crippen LogP contribution in [-0.2, 0) is 23.9 Å². The van der Waals surface area contributed by atoms with Gasteiger partial charge in [-0.05, 0) is 152 Å². The van der Waals surface area contributed by atoms with E-state index in [1.165, 1.54) is 44.9 Å². The number of amides is 1. The van der Waals surface area contributed by atoms with Crippen LogP contribution in [0.5, 0.6) is 0 Å². The summed E-state index contributed by atoms with van der Waals surface area (Å²) in [5.74, 6) is 3.52. The Morgan fingerprint density at radius 1 is 0.791 bits per heavy atom. The molecule has 6 nitrogen and oxygen atoms in total. The number of nitrogens with one attached hydrogen (secondary N) is 1. The van der Waals surface area contributed by atoms with Crippen molar-refractivity contribution in [2.45, 2.75) is 164 Å². The van der Waals surface area contributed by atoms with Gasteiger partial charge in [0.1, 0.15) is 11.2 Å². The van der Waals surface area contributed by atoms with Crippen molar-refractivity contribution in [1.29, 1.82) is 0 Å². The monoisotopic (exact) mass is 601 g/mol. The molecule has 0 aromatic rings. The summed E-state index contributed by atoms with van der Waals surface area (Å²) in [6.07, 6.45) is 12.7. The maximum absolute atomic E-state index is 13.0. The standard InChI is InChI=1S/C37H63NO5/c1-23(11-16-31(39)42-34(3,4)5)28-14-15-29-27-13-12-25-22-26(17-19-36(25,9)30(27)18-20-37(28,29)10)38-33(41)24(2)21-32(40)43-35(6,7)8/h23-30H,11-22H2,1-10H3,(H,38,41)/t23-,24+,25-,26-,27+,28?,29+,30+,36+,37-/m1/s1. The van der Waals surface area contributed by atoms with Gasteiger partial charge in [0.25, 0.3) is 0 Å². The van der Waals surface area contributed by atoms with Gasteiger partial charge in [-0.2, -0.15) is 0 Å². The fourth-order valence-electron chi connectivity index (χ4n) is 10.4. The van der Waals surface area contributed by atoms with Crippen molar-refractivity contribution in [2.75, 3.05) is 0 Å². The Hall–Kier alpha value is -1.59. The molecule has 4 fully saturated rings. The van der Waals surface area contributed by atoms with E-state index < -0.39 is 11.2 Å². The zero-order valence-corrected chi connectivity index (χ0v) is 29.1. The SMILES string of the molecule is C[C@H](CCC(=O)OC(C)(C)C)C1CC[C@H]2[C@@H]3CC[C@@H]4C[C@H](NC(=O)[C@@H](C)CC(=O)OC(C)(C)C)CC[C@]4(C)[C@H]3CC[C@]12C. The molecular weight excluding hydrogens is 538 g/mol. The number of rotatable bonds is 8. The van der Waals surface area contributed by atoms with Gasteiger partial charge in [0.05, 0.1) is 6.42 Å². The van der Waals surface area contributed by atoms with E-state index in [9.17, 15) is 14.4 Å². The molecule has 1 N–H and O–H groups in total. The van der Waals surface area contributed by atoms with Crippen molar-refractivity contribution in [1.82, 2.24) is 5.32 Å². The average Bonchev–Trinajstić information content (AvgIpc) is 3.22. The van der Waals surface area contributed by atoms with E-state index in [0.717, 1.165) is 37.0 Å². The number of hydrogen-bond acceptors (Lipinski definition) is 5. The molecule has 0 aromatic carbocycles. The molecular formula is C37H63NO5. The van der Waals surface area contributed by atoms with E-state index in [1.807, 2.05) is 48.5 Å². The van der Waals surface area contributed by atoms with Crippen LogP contribution in [0.1, 0.15) is 146 Å². The second-order valence-corrected chi connectivity index (χ2v) is 17.7. The number of esters is 2. The molecule has 0 bridgehead atoms. The van der Waals surface area contributed by atoms with Crippen LogP contribution in [0.2, 0.25) is 0 Å². The Labute approximate surface area is 262 Å². The topological polar surface area (TPSA) is 81.7 Å². The fourth-order valence-corrected chi connectivity index (χ4v) is 10.4. The molecule has 1 amide bonds. The number of carbonyl (C=O) groups is 3. The van der Waals surface area contributed by atoms with Crippen LogP contribution in [0, 0.1) is 52.3 Å². The molecule has 1 unspecified atom stereocenters. The van der Waals surface area contributed by atoms with Crippen LogP contribution < -0.4 is 5.32 Å². The first kappa shape index (κ1) is 34.3. The number of carbonyl (C=O) groups excluding carboxylic acids is 3. The molecule has 0 spiro atoms. The highest BCUT2D eigenvalue weighted by atomic mass is 16.6. The van der Waals surface area contributed by atoms with Crippen LogP contribution in [0.4, 0.5) is 0 Å². The maximum atomic E-state index is 13.0. The molecule has 4 rings (SSSR count). The molecule has 0 aromatic heterocycles. The van der Waals surface area contributed by atoms with Crippen LogP contribution in [0.15, 0.2) is 0 Å². The minimum atomic E-state index is -0.532. The Bertz CT molecular complexity index is 1030. The summed E-state index contributed by atoms with van der Waals surface area (Å²) in [7, 11) is 0. The third-order valence-corrected chi connectivity index (χ3v) is 12.3. The second-order valence-electron chi connectivity index (χ2n) is 17.7.